The summed E-state index contributed by atoms with van der Waals surface area (Å²) in [5, 5.41) is 21.4. The van der Waals surface area contributed by atoms with Gasteiger partial charge in [0.1, 0.15) is 28.9 Å². The lowest BCUT2D eigenvalue weighted by Gasteiger charge is -2.27. The molecule has 4 N–H and O–H groups in total. The second kappa shape index (κ2) is 15.7. The molecule has 0 spiro atoms. The van der Waals surface area contributed by atoms with Crippen molar-refractivity contribution in [3.63, 3.8) is 0 Å². The first kappa shape index (κ1) is 31.5. The van der Waals surface area contributed by atoms with Crippen LogP contribution in [0, 0.1) is 17.7 Å². The smallest absolute Gasteiger partial charge is 0.270 e. The van der Waals surface area contributed by atoms with Crippen molar-refractivity contribution in [3.05, 3.63) is 126 Å². The number of ether oxygens (including phenoxy) is 2. The molecule has 5 aromatic rings. The maximum absolute atomic E-state index is 12.4. The molecule has 0 radical (unpaired) electrons. The van der Waals surface area contributed by atoms with Crippen molar-refractivity contribution in [2.24, 2.45) is 0 Å². The minimum atomic E-state index is -0.372. The molecule has 0 fully saturated rings. The molecule has 0 unspecified atom stereocenters. The highest BCUT2D eigenvalue weighted by molar-refractivity contribution is 6.01. The van der Waals surface area contributed by atoms with E-state index in [0.29, 0.717) is 24.3 Å². The molecule has 9 nitrogen and oxygen atoms in total. The summed E-state index contributed by atoms with van der Waals surface area (Å²) in [7, 11) is 3.15. The molecule has 5 rings (SSSR count). The van der Waals surface area contributed by atoms with Crippen LogP contribution in [0.2, 0.25) is 0 Å². The Hall–Kier alpha value is -5.44. The first-order valence-corrected chi connectivity index (χ1v) is 14.3. The van der Waals surface area contributed by atoms with Crippen molar-refractivity contribution in [2.75, 3.05) is 20.8 Å². The molecule has 0 bridgehead atoms. The Morgan fingerprint density at radius 2 is 1.66 bits per heavy atom. The average Bonchev–Trinajstić information content (AvgIpc) is 3.46. The van der Waals surface area contributed by atoms with E-state index in [-0.39, 0.29) is 36.4 Å². The summed E-state index contributed by atoms with van der Waals surface area (Å²) < 4.78 is 10.8. The molecule has 3 aromatic carbocycles. The van der Waals surface area contributed by atoms with Gasteiger partial charge in [0.2, 0.25) is 0 Å². The van der Waals surface area contributed by atoms with Gasteiger partial charge in [0.05, 0.1) is 27.3 Å². The number of carbonyl (C=O) groups is 1. The number of pyridine rings is 1. The molecule has 0 aliphatic carbocycles. The van der Waals surface area contributed by atoms with E-state index in [0.717, 1.165) is 11.1 Å². The third kappa shape index (κ3) is 8.54. The predicted octanol–water partition coefficient (Wildman–Crippen LogP) is 6.39. The van der Waals surface area contributed by atoms with Gasteiger partial charge >= 0.3 is 0 Å². The first-order valence-electron chi connectivity index (χ1n) is 14.3. The monoisotopic (exact) mass is 590 g/mol. The Balaban J connectivity index is 0.000000369. The number of hydrogen-bond acceptors (Lipinski definition) is 6. The van der Waals surface area contributed by atoms with Crippen LogP contribution in [0.15, 0.2) is 103 Å². The van der Waals surface area contributed by atoms with Crippen LogP contribution in [0.5, 0.6) is 11.5 Å². The van der Waals surface area contributed by atoms with Gasteiger partial charge in [-0.3, -0.25) is 20.6 Å². The summed E-state index contributed by atoms with van der Waals surface area (Å²) in [6, 6.07) is 28.8. The number of fused-ring (bicyclic) bond motifs is 1. The maximum atomic E-state index is 12.4. The zero-order chi connectivity index (χ0) is 31.3. The molecule has 9 heteroatoms. The minimum absolute atomic E-state index is 0.0401. The fraction of sp³-hybridized carbons (Fsp3) is 0.200. The first-order chi connectivity index (χ1) is 21.4. The number of nitrogens with one attached hydrogen (secondary N) is 4. The molecule has 2 aromatic heterocycles. The summed E-state index contributed by atoms with van der Waals surface area (Å²) >= 11 is 0. The fourth-order valence-electron chi connectivity index (χ4n) is 4.61. The van der Waals surface area contributed by atoms with Crippen molar-refractivity contribution in [1.82, 2.24) is 20.2 Å². The number of nitrogens with zero attached hydrogens (tertiary/aromatic N) is 2. The molecule has 0 aliphatic heterocycles. The number of hydrogen-bond donors (Lipinski definition) is 4. The van der Waals surface area contributed by atoms with E-state index in [9.17, 15) is 4.79 Å². The van der Waals surface area contributed by atoms with Crippen LogP contribution >= 0.6 is 0 Å². The topological polar surface area (TPSA) is 127 Å². The van der Waals surface area contributed by atoms with Crippen LogP contribution in [-0.4, -0.2) is 53.2 Å². The van der Waals surface area contributed by atoms with Crippen molar-refractivity contribution in [2.45, 2.75) is 26.3 Å². The van der Waals surface area contributed by atoms with Gasteiger partial charge in [0, 0.05) is 41.3 Å². The van der Waals surface area contributed by atoms with Gasteiger partial charge in [-0.1, -0.05) is 54.6 Å². The Bertz CT molecular complexity index is 1690. The van der Waals surface area contributed by atoms with E-state index < -0.39 is 0 Å². The summed E-state index contributed by atoms with van der Waals surface area (Å²) in [6.07, 6.45) is 4.69. The van der Waals surface area contributed by atoms with E-state index >= 15 is 0 Å². The summed E-state index contributed by atoms with van der Waals surface area (Å²) in [6.45, 7) is 2.32. The van der Waals surface area contributed by atoms with Crippen molar-refractivity contribution < 1.29 is 14.3 Å². The molecule has 0 saturated carbocycles. The van der Waals surface area contributed by atoms with Crippen LogP contribution < -0.4 is 14.8 Å². The van der Waals surface area contributed by atoms with E-state index in [1.807, 2.05) is 54.7 Å². The lowest BCUT2D eigenvalue weighted by molar-refractivity contribution is 0.0953. The van der Waals surface area contributed by atoms with E-state index in [1.165, 1.54) is 16.5 Å². The summed E-state index contributed by atoms with van der Waals surface area (Å²) in [4.78, 5) is 21.2. The largest absolute Gasteiger partial charge is 0.497 e. The number of H-pyrrole nitrogens is 1. The third-order valence-electron chi connectivity index (χ3n) is 7.08. The molecule has 0 saturated heterocycles. The summed E-state index contributed by atoms with van der Waals surface area (Å²) in [5.41, 5.74) is 4.73. The quantitative estimate of drug-likeness (QED) is 0.111. The number of benzene rings is 3. The fourth-order valence-corrected chi connectivity index (χ4v) is 4.61. The number of amidine groups is 2. The second-order valence-electron chi connectivity index (χ2n) is 10.1. The van der Waals surface area contributed by atoms with Crippen LogP contribution in [0.1, 0.15) is 33.6 Å². The van der Waals surface area contributed by atoms with Crippen LogP contribution in [0.3, 0.4) is 0 Å². The normalized spacial score (nSPS) is 10.3. The number of methoxy groups -OCH3 is 2. The highest BCUT2D eigenvalue weighted by Gasteiger charge is 2.19. The number of aromatic amines is 1. The lowest BCUT2D eigenvalue weighted by atomic mass is 10.1. The Morgan fingerprint density at radius 1 is 0.909 bits per heavy atom. The van der Waals surface area contributed by atoms with Crippen LogP contribution in [-0.2, 0) is 13.0 Å². The number of aryl methyl sites for hydroxylation is 2. The van der Waals surface area contributed by atoms with Crippen molar-refractivity contribution in [3.8, 4) is 11.5 Å². The molecular weight excluding hydrogens is 552 g/mol. The van der Waals surface area contributed by atoms with E-state index in [2.05, 4.69) is 40.4 Å². The number of para-hydroxylation sites is 1. The predicted molar refractivity (Wildman–Crippen MR) is 175 cm³/mol. The van der Waals surface area contributed by atoms with Gasteiger partial charge in [0.25, 0.3) is 5.91 Å². The van der Waals surface area contributed by atoms with Gasteiger partial charge in [-0.25, -0.2) is 0 Å². The van der Waals surface area contributed by atoms with Crippen LogP contribution in [0.25, 0.3) is 10.9 Å². The van der Waals surface area contributed by atoms with Gasteiger partial charge in [0.15, 0.2) is 0 Å². The minimum Gasteiger partial charge on any atom is -0.497 e. The highest BCUT2D eigenvalue weighted by Crippen LogP contribution is 2.26. The number of carbonyl (C=O) groups excluding carboxylic acids is 1. The highest BCUT2D eigenvalue weighted by atomic mass is 16.5. The molecule has 2 heterocycles. The van der Waals surface area contributed by atoms with E-state index in [4.69, 9.17) is 20.3 Å². The van der Waals surface area contributed by atoms with Gasteiger partial charge in [-0.05, 0) is 54.8 Å². The molecule has 44 heavy (non-hydrogen) atoms. The molecular formula is C35H38N6O3. The molecule has 0 atom stereocenters. The van der Waals surface area contributed by atoms with Gasteiger partial charge < -0.3 is 24.7 Å². The number of aromatic nitrogens is 2. The SMILES string of the molecule is COc1ccc(CN(C(=N)CCc2ccccc2)C(=N)CNC(=O)c2ccccn2)c(OC)c1.Cc1c[nH]c2ccccc12. The standard InChI is InChI=1S/C26H29N5O3.C9H9N/c1-33-21-13-12-20(23(16-21)34-2)18-31(24(27)14-11-19-8-4-3-5-9-19)25(28)17-30-26(32)22-10-6-7-15-29-22;1-7-6-10-9-5-3-2-4-8(7)9/h3-10,12-13,15-16,27-28H,11,14,17-18H2,1-2H3,(H,30,32);2-6,10H,1H3. The van der Waals surface area contributed by atoms with E-state index in [1.54, 1.807) is 49.6 Å². The van der Waals surface area contributed by atoms with Crippen LogP contribution in [0.4, 0.5) is 0 Å². The Labute approximate surface area is 257 Å². The third-order valence-corrected chi connectivity index (χ3v) is 7.08. The second-order valence-corrected chi connectivity index (χ2v) is 10.1. The average molecular weight is 591 g/mol. The Kier molecular flexibility index (Phi) is 11.2. The maximum Gasteiger partial charge on any atom is 0.270 e. The van der Waals surface area contributed by atoms with Crippen molar-refractivity contribution in [1.29, 1.82) is 10.8 Å². The lowest BCUT2D eigenvalue weighted by Crippen LogP contribution is -2.42. The van der Waals surface area contributed by atoms with Crippen molar-refractivity contribution >= 4 is 28.5 Å². The summed E-state index contributed by atoms with van der Waals surface area (Å²) in [5.74, 6) is 1.26. The Morgan fingerprint density at radius 3 is 2.36 bits per heavy atom. The molecule has 0 aliphatic rings. The van der Waals surface area contributed by atoms with Gasteiger partial charge in [-0.2, -0.15) is 0 Å². The molecule has 1 amide bonds. The number of amides is 1. The zero-order valence-electron chi connectivity index (χ0n) is 25.3. The number of rotatable bonds is 10. The zero-order valence-corrected chi connectivity index (χ0v) is 25.3. The van der Waals surface area contributed by atoms with Gasteiger partial charge in [-0.15, -0.1) is 0 Å². The molecule has 226 valence electrons.